The Bertz CT molecular complexity index is 1150. The number of allylic oxidation sites excluding steroid dienone is 1. The number of ether oxygens (including phenoxy) is 2. The summed E-state index contributed by atoms with van der Waals surface area (Å²) in [4.78, 5) is 23.5. The van der Waals surface area contributed by atoms with Crippen LogP contribution in [0.15, 0.2) is 77.3 Å². The summed E-state index contributed by atoms with van der Waals surface area (Å²) in [6, 6.07) is 17.6. The van der Waals surface area contributed by atoms with Gasteiger partial charge in [0.15, 0.2) is 6.10 Å². The fourth-order valence-electron chi connectivity index (χ4n) is 3.53. The summed E-state index contributed by atoms with van der Waals surface area (Å²) in [6.07, 6.45) is 1.38. The van der Waals surface area contributed by atoms with Crippen molar-refractivity contribution in [3.05, 3.63) is 82.9 Å². The summed E-state index contributed by atoms with van der Waals surface area (Å²) in [5.41, 5.74) is 1.24. The summed E-state index contributed by atoms with van der Waals surface area (Å²) < 4.78 is 12.4. The van der Waals surface area contributed by atoms with Crippen molar-refractivity contribution < 1.29 is 29.3 Å². The number of carbonyl (C=O) groups is 2. The Morgan fingerprint density at radius 2 is 1.76 bits per heavy atom. The standard InChI is InChI=1S/C25H24BrNO6/c1-32-22(8-4-5-9-23(29)30)24(33-25(31)27-17-12-10-16(26)11-13-17)20-14-15-21(28)19-7-3-2-6-18(19)20/h2-3,5-7,9-15,22,24,28H,4,8H2,1H3,(H,27,31)(H,29,30)/b9-5+/t22-,24-/m0/s1. The number of hydrogen-bond donors (Lipinski definition) is 3. The normalized spacial score (nSPS) is 13.0. The van der Waals surface area contributed by atoms with Crippen molar-refractivity contribution in [2.75, 3.05) is 12.4 Å². The molecule has 0 aliphatic rings. The maximum Gasteiger partial charge on any atom is 0.412 e. The average molecular weight is 514 g/mol. The number of carboxylic acids is 1. The van der Waals surface area contributed by atoms with E-state index in [2.05, 4.69) is 21.2 Å². The van der Waals surface area contributed by atoms with Gasteiger partial charge in [0.25, 0.3) is 0 Å². The first kappa shape index (κ1) is 24.3. The molecule has 3 rings (SSSR count). The molecule has 0 spiro atoms. The minimum atomic E-state index is -1.03. The Balaban J connectivity index is 1.92. The van der Waals surface area contributed by atoms with Crippen LogP contribution in [0.2, 0.25) is 0 Å². The highest BCUT2D eigenvalue weighted by Crippen LogP contribution is 2.36. The van der Waals surface area contributed by atoms with E-state index in [1.165, 1.54) is 13.2 Å². The number of carbonyl (C=O) groups excluding carboxylic acids is 1. The summed E-state index contributed by atoms with van der Waals surface area (Å²) in [5.74, 6) is -0.916. The Labute approximate surface area is 199 Å². The number of aliphatic carboxylic acids is 1. The number of aromatic hydroxyl groups is 1. The third-order valence-electron chi connectivity index (χ3n) is 5.08. The van der Waals surface area contributed by atoms with Gasteiger partial charge in [0.05, 0.1) is 6.10 Å². The molecular formula is C25H24BrNO6. The zero-order valence-corrected chi connectivity index (χ0v) is 19.5. The number of phenols is 1. The molecule has 3 aromatic rings. The maximum absolute atomic E-state index is 12.8. The van der Waals surface area contributed by atoms with Crippen molar-refractivity contribution in [3.63, 3.8) is 0 Å². The average Bonchev–Trinajstić information content (AvgIpc) is 2.80. The van der Waals surface area contributed by atoms with Crippen LogP contribution in [0.5, 0.6) is 5.75 Å². The van der Waals surface area contributed by atoms with Crippen LogP contribution in [0.3, 0.4) is 0 Å². The molecule has 0 unspecified atom stereocenters. The van der Waals surface area contributed by atoms with Crippen molar-refractivity contribution in [3.8, 4) is 5.75 Å². The molecule has 0 radical (unpaired) electrons. The number of benzene rings is 3. The van der Waals surface area contributed by atoms with E-state index in [4.69, 9.17) is 14.6 Å². The lowest BCUT2D eigenvalue weighted by Gasteiger charge is -2.27. The summed E-state index contributed by atoms with van der Waals surface area (Å²) in [7, 11) is 1.51. The molecule has 0 fully saturated rings. The largest absolute Gasteiger partial charge is 0.507 e. The SMILES string of the molecule is CO[C@@H](CC/C=C/C(=O)O)[C@@H](OC(=O)Nc1ccc(Br)cc1)c1ccc(O)c2ccccc12. The van der Waals surface area contributed by atoms with Gasteiger partial charge in [-0.3, -0.25) is 5.32 Å². The first-order valence-corrected chi connectivity index (χ1v) is 11.0. The minimum Gasteiger partial charge on any atom is -0.507 e. The zero-order valence-electron chi connectivity index (χ0n) is 17.9. The van der Waals surface area contributed by atoms with Crippen LogP contribution in [0, 0.1) is 0 Å². The van der Waals surface area contributed by atoms with Gasteiger partial charge < -0.3 is 19.7 Å². The molecule has 3 N–H and O–H groups in total. The lowest BCUT2D eigenvalue weighted by atomic mass is 9.94. The Hall–Kier alpha value is -3.36. The van der Waals surface area contributed by atoms with E-state index in [1.807, 2.05) is 18.2 Å². The van der Waals surface area contributed by atoms with Gasteiger partial charge in [-0.2, -0.15) is 0 Å². The van der Waals surface area contributed by atoms with Crippen LogP contribution in [-0.2, 0) is 14.3 Å². The van der Waals surface area contributed by atoms with Gasteiger partial charge in [-0.1, -0.05) is 52.3 Å². The quantitative estimate of drug-likeness (QED) is 0.301. The maximum atomic E-state index is 12.8. The Morgan fingerprint density at radius 1 is 1.06 bits per heavy atom. The number of halogens is 1. The van der Waals surface area contributed by atoms with Crippen LogP contribution in [0.1, 0.15) is 24.5 Å². The highest BCUT2D eigenvalue weighted by atomic mass is 79.9. The molecule has 33 heavy (non-hydrogen) atoms. The van der Waals surface area contributed by atoms with Crippen LogP contribution >= 0.6 is 15.9 Å². The molecular weight excluding hydrogens is 490 g/mol. The number of methoxy groups -OCH3 is 1. The molecule has 3 aromatic carbocycles. The molecule has 0 heterocycles. The molecule has 1 amide bonds. The second kappa shape index (κ2) is 11.5. The second-order valence-corrected chi connectivity index (χ2v) is 8.19. The lowest BCUT2D eigenvalue weighted by molar-refractivity contribution is -0.131. The fraction of sp³-hybridized carbons (Fsp3) is 0.200. The van der Waals surface area contributed by atoms with E-state index >= 15 is 0 Å². The molecule has 2 atom stereocenters. The van der Waals surface area contributed by atoms with Crippen molar-refractivity contribution in [1.29, 1.82) is 0 Å². The number of carboxylic acid groups (broad SMARTS) is 1. The predicted octanol–water partition coefficient (Wildman–Crippen LogP) is 6.03. The zero-order chi connectivity index (χ0) is 23.8. The van der Waals surface area contributed by atoms with Gasteiger partial charge in [0, 0.05) is 34.3 Å². The van der Waals surface area contributed by atoms with Gasteiger partial charge in [-0.25, -0.2) is 9.59 Å². The summed E-state index contributed by atoms with van der Waals surface area (Å²) in [6.45, 7) is 0. The van der Waals surface area contributed by atoms with Gasteiger partial charge in [0.1, 0.15) is 5.75 Å². The van der Waals surface area contributed by atoms with Crippen LogP contribution < -0.4 is 5.32 Å². The highest BCUT2D eigenvalue weighted by Gasteiger charge is 2.29. The number of anilines is 1. The molecule has 172 valence electrons. The number of amides is 1. The molecule has 7 nitrogen and oxygen atoms in total. The van der Waals surface area contributed by atoms with Gasteiger partial charge in [-0.05, 0) is 48.6 Å². The van der Waals surface area contributed by atoms with E-state index < -0.39 is 24.3 Å². The molecule has 0 bridgehead atoms. The molecule has 0 aliphatic heterocycles. The topological polar surface area (TPSA) is 105 Å². The third kappa shape index (κ3) is 6.57. The van der Waals surface area contributed by atoms with Crippen LogP contribution in [0.25, 0.3) is 10.8 Å². The number of phenolic OH excluding ortho intramolecular Hbond substituents is 1. The Kier molecular flexibility index (Phi) is 8.46. The summed E-state index contributed by atoms with van der Waals surface area (Å²) >= 11 is 3.36. The number of rotatable bonds is 9. The van der Waals surface area contributed by atoms with E-state index in [0.717, 1.165) is 15.9 Å². The van der Waals surface area contributed by atoms with Crippen LogP contribution in [-0.4, -0.2) is 35.5 Å². The smallest absolute Gasteiger partial charge is 0.412 e. The third-order valence-corrected chi connectivity index (χ3v) is 5.61. The first-order valence-electron chi connectivity index (χ1n) is 10.2. The van der Waals surface area contributed by atoms with Gasteiger partial charge >= 0.3 is 12.1 Å². The number of fused-ring (bicyclic) bond motifs is 1. The van der Waals surface area contributed by atoms with Gasteiger partial charge in [0.2, 0.25) is 0 Å². The van der Waals surface area contributed by atoms with E-state index in [0.29, 0.717) is 29.5 Å². The van der Waals surface area contributed by atoms with E-state index in [9.17, 15) is 14.7 Å². The summed E-state index contributed by atoms with van der Waals surface area (Å²) in [5, 5.41) is 23.2. The molecule has 0 saturated heterocycles. The first-order chi connectivity index (χ1) is 15.9. The molecule has 8 heteroatoms. The Morgan fingerprint density at radius 3 is 2.42 bits per heavy atom. The number of nitrogens with one attached hydrogen (secondary N) is 1. The number of hydrogen-bond acceptors (Lipinski definition) is 5. The highest BCUT2D eigenvalue weighted by molar-refractivity contribution is 9.10. The predicted molar refractivity (Wildman–Crippen MR) is 129 cm³/mol. The van der Waals surface area contributed by atoms with Gasteiger partial charge in [-0.15, -0.1) is 0 Å². The molecule has 0 aliphatic carbocycles. The van der Waals surface area contributed by atoms with E-state index in [-0.39, 0.29) is 5.75 Å². The molecule has 0 saturated carbocycles. The monoisotopic (exact) mass is 513 g/mol. The van der Waals surface area contributed by atoms with Crippen LogP contribution in [0.4, 0.5) is 10.5 Å². The fourth-order valence-corrected chi connectivity index (χ4v) is 3.79. The lowest BCUT2D eigenvalue weighted by Crippen LogP contribution is -2.28. The van der Waals surface area contributed by atoms with Crippen molar-refractivity contribution >= 4 is 44.5 Å². The minimum absolute atomic E-state index is 0.116. The second-order valence-electron chi connectivity index (χ2n) is 7.27. The van der Waals surface area contributed by atoms with Crippen molar-refractivity contribution in [2.24, 2.45) is 0 Å². The van der Waals surface area contributed by atoms with Crippen molar-refractivity contribution in [1.82, 2.24) is 0 Å². The van der Waals surface area contributed by atoms with Crippen molar-refractivity contribution in [2.45, 2.75) is 25.0 Å². The molecule has 0 aromatic heterocycles. The van der Waals surface area contributed by atoms with E-state index in [1.54, 1.807) is 42.5 Å².